The Morgan fingerprint density at radius 3 is 1.15 bits per heavy atom. The summed E-state index contributed by atoms with van der Waals surface area (Å²) in [5.74, 6) is 0. The zero-order chi connectivity index (χ0) is 18.9. The molecule has 11 heteroatoms. The molecule has 27 heavy (non-hydrogen) atoms. The standard InChI is InChI=1S/C10H28O5Si3.C4H12Si.2CH4.2H2O/c1-12-18(13-2,14-3)9-8-16(4,5)15-17(6,7)10-11;1-5(2,3)4;;;;/h11H,8-10H2,1-7H3;1-4H3;2*1H4;2*1H2. The van der Waals surface area contributed by atoms with Crippen LogP contribution in [0.2, 0.25) is 64.5 Å². The van der Waals surface area contributed by atoms with Crippen molar-refractivity contribution in [3.05, 3.63) is 0 Å². The summed E-state index contributed by atoms with van der Waals surface area (Å²) in [6.45, 7) is 17.7. The molecule has 0 aliphatic heterocycles. The van der Waals surface area contributed by atoms with E-state index in [0.717, 1.165) is 12.1 Å². The fourth-order valence-electron chi connectivity index (χ4n) is 1.84. The minimum absolute atomic E-state index is 0. The predicted molar refractivity (Wildman–Crippen MR) is 129 cm³/mol. The van der Waals surface area contributed by atoms with E-state index in [2.05, 4.69) is 39.3 Å². The van der Waals surface area contributed by atoms with E-state index < -0.39 is 33.5 Å². The van der Waals surface area contributed by atoms with Crippen LogP contribution < -0.4 is 0 Å². The van der Waals surface area contributed by atoms with Gasteiger partial charge in [-0.05, 0) is 32.2 Å². The Hall–Kier alpha value is 0.588. The molecule has 0 amide bonds. The second-order valence-electron chi connectivity index (χ2n) is 8.57. The van der Waals surface area contributed by atoms with Crippen molar-refractivity contribution >= 4 is 33.5 Å². The Kier molecular flexibility index (Phi) is 27.0. The quantitative estimate of drug-likeness (QED) is 0.520. The molecule has 0 unspecified atom stereocenters. The average molecular weight is 469 g/mol. The summed E-state index contributed by atoms with van der Waals surface area (Å²) in [7, 11) is -1.99. The van der Waals surface area contributed by atoms with E-state index in [-0.39, 0.29) is 32.0 Å². The van der Waals surface area contributed by atoms with Crippen LogP contribution in [0.5, 0.6) is 0 Å². The van der Waals surface area contributed by atoms with Crippen LogP contribution in [0.4, 0.5) is 0 Å². The Bertz CT molecular complexity index is 306. The molecule has 0 aromatic heterocycles. The van der Waals surface area contributed by atoms with Gasteiger partial charge in [0.25, 0.3) is 0 Å². The molecule has 5 N–H and O–H groups in total. The maximum atomic E-state index is 9.32. The summed E-state index contributed by atoms with van der Waals surface area (Å²) in [5, 5.41) is 9.32. The molecule has 0 bridgehead atoms. The minimum atomic E-state index is -2.51. The Labute approximate surface area is 174 Å². The molecule has 0 aliphatic rings. The van der Waals surface area contributed by atoms with Crippen molar-refractivity contribution in [3.8, 4) is 0 Å². The molecule has 0 rings (SSSR count). The third-order valence-electron chi connectivity index (χ3n) is 2.90. The van der Waals surface area contributed by atoms with E-state index >= 15 is 0 Å². The van der Waals surface area contributed by atoms with Crippen LogP contribution >= 0.6 is 0 Å². The third kappa shape index (κ3) is 24.5. The van der Waals surface area contributed by atoms with Crippen molar-refractivity contribution in [2.24, 2.45) is 0 Å². The van der Waals surface area contributed by atoms with E-state index in [4.69, 9.17) is 17.4 Å². The smallest absolute Gasteiger partial charge is 0.454 e. The number of hydrogen-bond donors (Lipinski definition) is 1. The van der Waals surface area contributed by atoms with Crippen molar-refractivity contribution in [2.75, 3.05) is 27.6 Å². The molecule has 0 heterocycles. The number of aliphatic hydroxyl groups excluding tert-OH is 1. The minimum Gasteiger partial charge on any atom is -0.454 e. The first-order valence-electron chi connectivity index (χ1n) is 8.12. The number of rotatable bonds is 9. The lowest BCUT2D eigenvalue weighted by atomic mass is 10.9. The fourth-order valence-corrected chi connectivity index (χ4v) is 13.2. The molecule has 0 radical (unpaired) electrons. The molecule has 0 saturated carbocycles. The zero-order valence-electron chi connectivity index (χ0n) is 18.2. The van der Waals surface area contributed by atoms with Gasteiger partial charge in [0.15, 0.2) is 16.6 Å². The summed E-state index contributed by atoms with van der Waals surface area (Å²) in [6.07, 6.45) is 0.158. The Morgan fingerprint density at radius 1 is 0.630 bits per heavy atom. The average Bonchev–Trinajstić information content (AvgIpc) is 2.38. The SMILES string of the molecule is C.C.CO[Si](CC[Si](C)(C)O[Si](C)(C)CO)(OC)OC.C[Si](C)(C)C.O.O. The van der Waals surface area contributed by atoms with E-state index in [1.54, 1.807) is 21.3 Å². The maximum Gasteiger partial charge on any atom is 0.499 e. The number of aliphatic hydroxyl groups is 1. The van der Waals surface area contributed by atoms with Gasteiger partial charge in [-0.25, -0.2) is 0 Å². The van der Waals surface area contributed by atoms with Gasteiger partial charge in [0, 0.05) is 35.4 Å². The van der Waals surface area contributed by atoms with Crippen LogP contribution in [0.3, 0.4) is 0 Å². The summed E-state index contributed by atoms with van der Waals surface area (Å²) in [4.78, 5) is 0. The van der Waals surface area contributed by atoms with E-state index in [9.17, 15) is 5.11 Å². The van der Waals surface area contributed by atoms with Crippen molar-refractivity contribution < 1.29 is 33.5 Å². The third-order valence-corrected chi connectivity index (χ3v) is 12.8. The molecule has 0 aromatic carbocycles. The van der Waals surface area contributed by atoms with Gasteiger partial charge in [0.1, 0.15) is 0 Å². The largest absolute Gasteiger partial charge is 0.499 e. The van der Waals surface area contributed by atoms with Crippen molar-refractivity contribution in [1.82, 2.24) is 0 Å². The van der Waals surface area contributed by atoms with Gasteiger partial charge in [0.05, 0.1) is 6.23 Å². The Balaban J connectivity index is -0.000000109. The van der Waals surface area contributed by atoms with Crippen LogP contribution in [0.1, 0.15) is 14.9 Å². The van der Waals surface area contributed by atoms with Crippen molar-refractivity contribution in [3.63, 3.8) is 0 Å². The van der Waals surface area contributed by atoms with Crippen LogP contribution in [0.15, 0.2) is 0 Å². The van der Waals surface area contributed by atoms with Gasteiger partial charge in [-0.3, -0.25) is 0 Å². The maximum absolute atomic E-state index is 9.32. The highest BCUT2D eigenvalue weighted by molar-refractivity contribution is 6.85. The molecule has 0 aliphatic carbocycles. The lowest BCUT2D eigenvalue weighted by molar-refractivity contribution is 0.125. The Morgan fingerprint density at radius 2 is 0.926 bits per heavy atom. The molecule has 0 aromatic rings. The summed E-state index contributed by atoms with van der Waals surface area (Å²) < 4.78 is 22.4. The monoisotopic (exact) mass is 468 g/mol. The first-order valence-corrected chi connectivity index (χ1v) is 20.3. The van der Waals surface area contributed by atoms with Gasteiger partial charge in [-0.2, -0.15) is 0 Å². The lowest BCUT2D eigenvalue weighted by Crippen LogP contribution is -2.49. The molecular formula is C16H52O7Si4. The van der Waals surface area contributed by atoms with Crippen LogP contribution in [-0.4, -0.2) is 77.1 Å². The molecule has 7 nitrogen and oxygen atoms in total. The lowest BCUT2D eigenvalue weighted by Gasteiger charge is -2.34. The topological polar surface area (TPSA) is 120 Å². The van der Waals surface area contributed by atoms with Crippen LogP contribution in [0, 0.1) is 0 Å². The highest BCUT2D eigenvalue weighted by atomic mass is 28.4. The van der Waals surface area contributed by atoms with Gasteiger partial charge >= 0.3 is 8.80 Å². The first-order chi connectivity index (χ1) is 10.2. The highest BCUT2D eigenvalue weighted by Crippen LogP contribution is 2.25. The molecule has 0 atom stereocenters. The summed E-state index contributed by atoms with van der Waals surface area (Å²) in [5.41, 5.74) is 0. The van der Waals surface area contributed by atoms with Crippen LogP contribution in [-0.2, 0) is 17.4 Å². The zero-order valence-corrected chi connectivity index (χ0v) is 22.2. The molecule has 0 saturated heterocycles. The van der Waals surface area contributed by atoms with Gasteiger partial charge in [-0.1, -0.05) is 41.0 Å². The normalized spacial score (nSPS) is 11.6. The van der Waals surface area contributed by atoms with Gasteiger partial charge in [-0.15, -0.1) is 0 Å². The second kappa shape index (κ2) is 17.4. The van der Waals surface area contributed by atoms with E-state index in [1.807, 2.05) is 13.1 Å². The van der Waals surface area contributed by atoms with E-state index in [1.165, 1.54) is 0 Å². The second-order valence-corrected chi connectivity index (χ2v) is 26.3. The van der Waals surface area contributed by atoms with E-state index in [0.29, 0.717) is 0 Å². The predicted octanol–water partition coefficient (Wildman–Crippen LogP) is 3.40. The molecule has 0 spiro atoms. The number of hydrogen-bond acceptors (Lipinski definition) is 5. The van der Waals surface area contributed by atoms with Gasteiger partial charge < -0.3 is 33.5 Å². The molecule has 0 fully saturated rings. The first kappa shape index (κ1) is 41.8. The molecule has 174 valence electrons. The van der Waals surface area contributed by atoms with Gasteiger partial charge in [0.2, 0.25) is 0 Å². The fraction of sp³-hybridized carbons (Fsp3) is 1.00. The van der Waals surface area contributed by atoms with Crippen molar-refractivity contribution in [2.45, 2.75) is 79.3 Å². The van der Waals surface area contributed by atoms with Crippen molar-refractivity contribution in [1.29, 1.82) is 0 Å². The molecular weight excluding hydrogens is 417 g/mol. The summed E-state index contributed by atoms with van der Waals surface area (Å²) in [6, 6.07) is 1.66. The van der Waals surface area contributed by atoms with Crippen LogP contribution in [0.25, 0.3) is 0 Å². The highest BCUT2D eigenvalue weighted by Gasteiger charge is 2.41. The summed E-state index contributed by atoms with van der Waals surface area (Å²) >= 11 is 0.